The predicted octanol–water partition coefficient (Wildman–Crippen LogP) is 0.353. The molecule has 15 atom stereocenters. The summed E-state index contributed by atoms with van der Waals surface area (Å²) < 4.78 is 54.6. The van der Waals surface area contributed by atoms with E-state index in [0.29, 0.717) is 5.56 Å². The van der Waals surface area contributed by atoms with Crippen LogP contribution in [0.25, 0.3) is 0 Å². The molecule has 1 aromatic heterocycles. The minimum atomic E-state index is -2.63. The summed E-state index contributed by atoms with van der Waals surface area (Å²) in [6.45, 7) is 7.26. The van der Waals surface area contributed by atoms with Crippen molar-refractivity contribution in [2.24, 2.45) is 28.1 Å². The SMILES string of the molecule is COC(=O)C[C@H]1[C@@]2(C)CC34OC5(C)O[C@]6([C@@H]7CC(=O)O[C@@H](c8ccoc8)[C@]7(C)[C@@H](OC(C)=O)[C@@H](O)[C@]6(O5)[C@]13COC(C)=O)[C@H](O)[C@@]4(O)[C@H]2OC(C)=O. The number of furan rings is 1. The molecule has 17 heteroatoms. The van der Waals surface area contributed by atoms with Gasteiger partial charge in [-0.1, -0.05) is 13.8 Å². The fraction of sp³-hybridized carbons (Fsp3) is 0.743. The van der Waals surface area contributed by atoms with E-state index in [4.69, 9.17) is 42.3 Å². The number of rotatable bonds is 7. The van der Waals surface area contributed by atoms with Crippen LogP contribution in [0, 0.1) is 28.1 Å². The summed E-state index contributed by atoms with van der Waals surface area (Å²) in [5.74, 6) is -8.77. The lowest BCUT2D eigenvalue weighted by Gasteiger charge is -2.78. The monoisotopic (exact) mass is 734 g/mol. The van der Waals surface area contributed by atoms with E-state index < -0.39 is 136 Å². The van der Waals surface area contributed by atoms with Gasteiger partial charge in [0.05, 0.1) is 36.9 Å². The molecule has 8 rings (SSSR count). The highest BCUT2D eigenvalue weighted by molar-refractivity contribution is 5.74. The topological polar surface area (TPSA) is 233 Å². The molecule has 4 bridgehead atoms. The summed E-state index contributed by atoms with van der Waals surface area (Å²) in [5, 5.41) is 39.9. The third kappa shape index (κ3) is 3.49. The van der Waals surface area contributed by atoms with Crippen molar-refractivity contribution in [1.82, 2.24) is 0 Å². The highest BCUT2D eigenvalue weighted by atomic mass is 16.9. The summed E-state index contributed by atoms with van der Waals surface area (Å²) in [7, 11) is 1.16. The molecule has 1 aromatic rings. The first-order chi connectivity index (χ1) is 24.2. The molecule has 4 aliphatic carbocycles. The van der Waals surface area contributed by atoms with E-state index >= 15 is 0 Å². The summed E-state index contributed by atoms with van der Waals surface area (Å²) in [5.41, 5.74) is -14.5. The van der Waals surface area contributed by atoms with Crippen molar-refractivity contribution >= 4 is 29.8 Å². The van der Waals surface area contributed by atoms with Gasteiger partial charge in [-0.05, 0) is 18.4 Å². The molecule has 4 heterocycles. The molecule has 2 spiro atoms. The Kier molecular flexibility index (Phi) is 7.03. The van der Waals surface area contributed by atoms with Gasteiger partial charge in [0, 0.05) is 51.0 Å². The first-order valence-electron chi connectivity index (χ1n) is 17.2. The molecule has 0 aromatic carbocycles. The van der Waals surface area contributed by atoms with Crippen LogP contribution in [0.1, 0.15) is 72.5 Å². The van der Waals surface area contributed by atoms with E-state index in [-0.39, 0.29) is 6.42 Å². The fourth-order valence-corrected chi connectivity index (χ4v) is 12.7. The molecule has 0 radical (unpaired) electrons. The van der Waals surface area contributed by atoms with Crippen molar-refractivity contribution in [1.29, 1.82) is 0 Å². The second kappa shape index (κ2) is 10.3. The molecule has 284 valence electrons. The number of fused-ring (bicyclic) bond motifs is 3. The van der Waals surface area contributed by atoms with Crippen LogP contribution in [0.15, 0.2) is 23.0 Å². The highest BCUT2D eigenvalue weighted by Crippen LogP contribution is 2.89. The standard InChI is InChI=1S/C35H42O17/c1-15(36)46-14-31-19(10-21(39)44-7)28(4)13-32(31)33(43,27(28)48-17(3)38)26(42)34-20-11-22(40)49-24(18-8-9-45-12-18)29(20,5)25(47-16(2)37)23(41)35(31,34)52-30(6,50-32)51-34/h8-9,12,19-20,23-27,41-43H,10-11,13-14H2,1-7H3/t19-,20+,23+,24-,25-,26+,27-,28+,29+,30?,31+,32?,33+,34+,35-/m0/s1. The molecule has 2 unspecified atom stereocenters. The Morgan fingerprint density at radius 2 is 1.67 bits per heavy atom. The van der Waals surface area contributed by atoms with Crippen LogP contribution in [-0.2, 0) is 61.9 Å². The van der Waals surface area contributed by atoms with Crippen molar-refractivity contribution in [2.75, 3.05) is 13.7 Å². The summed E-state index contributed by atoms with van der Waals surface area (Å²) in [4.78, 5) is 66.0. The number of esters is 5. The van der Waals surface area contributed by atoms with Gasteiger partial charge in [0.2, 0.25) is 0 Å². The van der Waals surface area contributed by atoms with E-state index in [9.17, 15) is 39.3 Å². The van der Waals surface area contributed by atoms with E-state index in [1.54, 1.807) is 13.8 Å². The molecule has 0 amide bonds. The summed E-state index contributed by atoms with van der Waals surface area (Å²) in [6, 6.07) is 1.52. The first kappa shape index (κ1) is 35.4. The number of hydrogen-bond donors (Lipinski definition) is 3. The maximum atomic E-state index is 13.8. The number of methoxy groups -OCH3 is 1. The van der Waals surface area contributed by atoms with Crippen molar-refractivity contribution in [3.63, 3.8) is 0 Å². The molecule has 3 aliphatic heterocycles. The van der Waals surface area contributed by atoms with Crippen molar-refractivity contribution < 1.29 is 81.6 Å². The Balaban J connectivity index is 1.52. The molecular formula is C35H42O17. The molecule has 3 N–H and O–H groups in total. The van der Waals surface area contributed by atoms with Gasteiger partial charge in [-0.2, -0.15) is 0 Å². The number of cyclic esters (lactones) is 1. The molecule has 4 saturated carbocycles. The molecular weight excluding hydrogens is 692 g/mol. The van der Waals surface area contributed by atoms with Crippen molar-refractivity contribution in [2.45, 2.75) is 120 Å². The third-order valence-electron chi connectivity index (χ3n) is 13.8. The number of hydrogen-bond acceptors (Lipinski definition) is 17. The number of carbonyl (C=O) groups excluding carboxylic acids is 5. The minimum Gasteiger partial charge on any atom is -0.472 e. The third-order valence-corrected chi connectivity index (χ3v) is 13.8. The van der Waals surface area contributed by atoms with Gasteiger partial charge in [0.25, 0.3) is 5.97 Å². The summed E-state index contributed by atoms with van der Waals surface area (Å²) in [6.07, 6.45) is -7.33. The maximum Gasteiger partial charge on any atom is 0.306 e. The number of aliphatic hydroxyl groups is 3. The van der Waals surface area contributed by atoms with E-state index in [1.165, 1.54) is 25.5 Å². The smallest absolute Gasteiger partial charge is 0.306 e. The van der Waals surface area contributed by atoms with Crippen molar-refractivity contribution in [3.8, 4) is 0 Å². The van der Waals surface area contributed by atoms with Crippen LogP contribution in [0.2, 0.25) is 0 Å². The second-order valence-corrected chi connectivity index (χ2v) is 16.0. The van der Waals surface area contributed by atoms with Crippen LogP contribution < -0.4 is 0 Å². The van der Waals surface area contributed by atoms with Gasteiger partial charge in [-0.3, -0.25) is 24.0 Å². The Morgan fingerprint density at radius 3 is 2.27 bits per heavy atom. The van der Waals surface area contributed by atoms with Gasteiger partial charge in [0.1, 0.15) is 53.9 Å². The first-order valence-corrected chi connectivity index (χ1v) is 17.2. The number of carbonyl (C=O) groups is 5. The van der Waals surface area contributed by atoms with Crippen LogP contribution in [0.5, 0.6) is 0 Å². The zero-order valence-electron chi connectivity index (χ0n) is 29.7. The van der Waals surface area contributed by atoms with E-state index in [2.05, 4.69) is 0 Å². The lowest BCUT2D eigenvalue weighted by Crippen LogP contribution is -2.98. The highest BCUT2D eigenvalue weighted by Gasteiger charge is 3.06. The van der Waals surface area contributed by atoms with E-state index in [0.717, 1.165) is 27.9 Å². The van der Waals surface area contributed by atoms with E-state index in [1.807, 2.05) is 0 Å². The van der Waals surface area contributed by atoms with Gasteiger partial charge in [-0.15, -0.1) is 0 Å². The average Bonchev–Trinajstić information content (AvgIpc) is 3.76. The predicted molar refractivity (Wildman–Crippen MR) is 164 cm³/mol. The zero-order chi connectivity index (χ0) is 37.8. The number of ether oxygens (including phenoxy) is 8. The van der Waals surface area contributed by atoms with Gasteiger partial charge < -0.3 is 57.6 Å². The second-order valence-electron chi connectivity index (χ2n) is 16.0. The van der Waals surface area contributed by atoms with Gasteiger partial charge >= 0.3 is 29.8 Å². The Labute approximate surface area is 297 Å². The molecule has 52 heavy (non-hydrogen) atoms. The van der Waals surface area contributed by atoms with Gasteiger partial charge in [-0.25, -0.2) is 0 Å². The minimum absolute atomic E-state index is 0.235. The molecule has 17 nitrogen and oxygen atoms in total. The largest absolute Gasteiger partial charge is 0.472 e. The molecule has 3 saturated heterocycles. The summed E-state index contributed by atoms with van der Waals surface area (Å²) >= 11 is 0. The van der Waals surface area contributed by atoms with Crippen LogP contribution in [-0.4, -0.2) is 112 Å². The molecule has 7 fully saturated rings. The number of aliphatic hydroxyl groups excluding tert-OH is 2. The zero-order valence-corrected chi connectivity index (χ0v) is 29.7. The van der Waals surface area contributed by atoms with Gasteiger partial charge in [0.15, 0.2) is 5.60 Å². The van der Waals surface area contributed by atoms with Crippen molar-refractivity contribution in [3.05, 3.63) is 24.2 Å². The quantitative estimate of drug-likeness (QED) is 0.253. The molecule has 7 aliphatic rings. The normalized spacial score (nSPS) is 51.6. The lowest BCUT2D eigenvalue weighted by atomic mass is 9.32. The van der Waals surface area contributed by atoms with Crippen LogP contribution in [0.3, 0.4) is 0 Å². The average molecular weight is 735 g/mol. The maximum absolute atomic E-state index is 13.8. The Bertz CT molecular complexity index is 1780. The Hall–Kier alpha value is -3.61. The lowest BCUT2D eigenvalue weighted by molar-refractivity contribution is -0.497. The van der Waals surface area contributed by atoms with Crippen LogP contribution >= 0.6 is 0 Å². The van der Waals surface area contributed by atoms with Crippen LogP contribution in [0.4, 0.5) is 0 Å². The fourth-order valence-electron chi connectivity index (χ4n) is 12.7. The Morgan fingerprint density at radius 1 is 0.981 bits per heavy atom.